The van der Waals surface area contributed by atoms with E-state index in [0.29, 0.717) is 13.0 Å². The van der Waals surface area contributed by atoms with Gasteiger partial charge in [0.2, 0.25) is 5.91 Å². The Morgan fingerprint density at radius 3 is 2.65 bits per heavy atom. The zero-order chi connectivity index (χ0) is 14.5. The topological polar surface area (TPSA) is 75.4 Å². The third-order valence-electron chi connectivity index (χ3n) is 3.14. The Morgan fingerprint density at radius 2 is 2.05 bits per heavy atom. The number of aromatic hydroxyl groups is 1. The summed E-state index contributed by atoms with van der Waals surface area (Å²) in [6.07, 6.45) is 0.453. The van der Waals surface area contributed by atoms with Crippen molar-refractivity contribution in [2.45, 2.75) is 25.9 Å². The molecule has 0 fully saturated rings. The molecule has 0 radical (unpaired) electrons. The number of nitrogens with one attached hydrogen (secondary N) is 1. The Balaban J connectivity index is 1.86. The molecule has 1 aromatic heterocycles. The van der Waals surface area contributed by atoms with Crippen LogP contribution >= 0.6 is 11.3 Å². The largest absolute Gasteiger partial charge is 0.508 e. The molecular weight excluding hydrogens is 272 g/mol. The monoisotopic (exact) mass is 290 g/mol. The third-order valence-corrected chi connectivity index (χ3v) is 4.05. The number of thiophene rings is 1. The predicted molar refractivity (Wildman–Crippen MR) is 80.7 cm³/mol. The van der Waals surface area contributed by atoms with Crippen molar-refractivity contribution >= 4 is 17.2 Å². The summed E-state index contributed by atoms with van der Waals surface area (Å²) in [7, 11) is 0. The van der Waals surface area contributed by atoms with E-state index in [1.807, 2.05) is 12.3 Å². The third kappa shape index (κ3) is 3.82. The Kier molecular flexibility index (Phi) is 4.76. The molecular formula is C15H18N2O2S. The SMILES string of the molecule is Cc1cscc1CNC(=O)C(N)Cc1ccc(O)cc1. The first-order valence-electron chi connectivity index (χ1n) is 6.39. The number of amides is 1. The minimum absolute atomic E-state index is 0.163. The average Bonchev–Trinajstić information content (AvgIpc) is 2.84. The van der Waals surface area contributed by atoms with Crippen molar-refractivity contribution in [1.82, 2.24) is 5.32 Å². The van der Waals surface area contributed by atoms with E-state index in [0.717, 1.165) is 11.1 Å². The molecule has 0 bridgehead atoms. The Morgan fingerprint density at radius 1 is 1.35 bits per heavy atom. The standard InChI is InChI=1S/C15H18N2O2S/c1-10-8-20-9-12(10)7-17-15(19)14(16)6-11-2-4-13(18)5-3-11/h2-5,8-9,14,18H,6-7,16H2,1H3,(H,17,19). The molecule has 0 saturated heterocycles. The van der Waals surface area contributed by atoms with E-state index in [9.17, 15) is 9.90 Å². The maximum absolute atomic E-state index is 11.9. The highest BCUT2D eigenvalue weighted by molar-refractivity contribution is 7.08. The van der Waals surface area contributed by atoms with E-state index in [4.69, 9.17) is 5.73 Å². The van der Waals surface area contributed by atoms with Crippen molar-refractivity contribution in [2.75, 3.05) is 0 Å². The van der Waals surface area contributed by atoms with Crippen LogP contribution in [0.4, 0.5) is 0 Å². The van der Waals surface area contributed by atoms with E-state index in [2.05, 4.69) is 10.7 Å². The van der Waals surface area contributed by atoms with Crippen molar-refractivity contribution in [2.24, 2.45) is 5.73 Å². The number of hydrogen-bond donors (Lipinski definition) is 3. The highest BCUT2D eigenvalue weighted by Crippen LogP contribution is 2.13. The van der Waals surface area contributed by atoms with Crippen LogP contribution in [0.3, 0.4) is 0 Å². The van der Waals surface area contributed by atoms with Gasteiger partial charge in [0.15, 0.2) is 0 Å². The van der Waals surface area contributed by atoms with Gasteiger partial charge in [0.1, 0.15) is 5.75 Å². The average molecular weight is 290 g/mol. The fraction of sp³-hybridized carbons (Fsp3) is 0.267. The summed E-state index contributed by atoms with van der Waals surface area (Å²) in [4.78, 5) is 11.9. The van der Waals surface area contributed by atoms with Crippen LogP contribution in [0.5, 0.6) is 5.75 Å². The van der Waals surface area contributed by atoms with E-state index in [-0.39, 0.29) is 11.7 Å². The quantitative estimate of drug-likeness (QED) is 0.788. The minimum atomic E-state index is -0.585. The van der Waals surface area contributed by atoms with Gasteiger partial charge in [-0.05, 0) is 52.9 Å². The maximum Gasteiger partial charge on any atom is 0.237 e. The molecule has 20 heavy (non-hydrogen) atoms. The van der Waals surface area contributed by atoms with Crippen LogP contribution in [-0.2, 0) is 17.8 Å². The number of aryl methyl sites for hydroxylation is 1. The number of phenols is 1. The number of carbonyl (C=O) groups is 1. The molecule has 106 valence electrons. The number of carbonyl (C=O) groups excluding carboxylic acids is 1. The summed E-state index contributed by atoms with van der Waals surface area (Å²) in [5.41, 5.74) is 9.13. The molecule has 1 heterocycles. The van der Waals surface area contributed by atoms with Gasteiger partial charge in [-0.3, -0.25) is 4.79 Å². The summed E-state index contributed by atoms with van der Waals surface area (Å²) in [5, 5.41) is 16.1. The Labute approximate surface area is 122 Å². The second-order valence-electron chi connectivity index (χ2n) is 4.77. The lowest BCUT2D eigenvalue weighted by Crippen LogP contribution is -2.41. The molecule has 0 aliphatic heterocycles. The van der Waals surface area contributed by atoms with Crippen LogP contribution < -0.4 is 11.1 Å². The number of benzene rings is 1. The first kappa shape index (κ1) is 14.6. The number of phenolic OH excluding ortho intramolecular Hbond substituents is 1. The fourth-order valence-corrected chi connectivity index (χ4v) is 2.72. The molecule has 1 aromatic carbocycles. The lowest BCUT2D eigenvalue weighted by atomic mass is 10.1. The summed E-state index contributed by atoms with van der Waals surface area (Å²) >= 11 is 1.62. The zero-order valence-corrected chi connectivity index (χ0v) is 12.1. The number of hydrogen-bond acceptors (Lipinski definition) is 4. The van der Waals surface area contributed by atoms with Crippen molar-refractivity contribution in [3.63, 3.8) is 0 Å². The lowest BCUT2D eigenvalue weighted by molar-refractivity contribution is -0.122. The van der Waals surface area contributed by atoms with Gasteiger partial charge in [-0.15, -0.1) is 0 Å². The molecule has 0 saturated carbocycles. The van der Waals surface area contributed by atoms with Crippen molar-refractivity contribution in [3.05, 3.63) is 51.7 Å². The van der Waals surface area contributed by atoms with Gasteiger partial charge in [0, 0.05) is 6.54 Å². The molecule has 1 amide bonds. The molecule has 4 nitrogen and oxygen atoms in total. The van der Waals surface area contributed by atoms with Gasteiger partial charge < -0.3 is 16.2 Å². The Hall–Kier alpha value is -1.85. The van der Waals surface area contributed by atoms with Crippen molar-refractivity contribution in [1.29, 1.82) is 0 Å². The summed E-state index contributed by atoms with van der Waals surface area (Å²) in [6.45, 7) is 2.53. The van der Waals surface area contributed by atoms with Crippen LogP contribution in [0.15, 0.2) is 35.0 Å². The highest BCUT2D eigenvalue weighted by Gasteiger charge is 2.14. The molecule has 4 N–H and O–H groups in total. The number of rotatable bonds is 5. The van der Waals surface area contributed by atoms with Gasteiger partial charge in [0.25, 0.3) is 0 Å². The smallest absolute Gasteiger partial charge is 0.237 e. The molecule has 2 rings (SSSR count). The second-order valence-corrected chi connectivity index (χ2v) is 5.52. The van der Waals surface area contributed by atoms with Crippen molar-refractivity contribution in [3.8, 4) is 5.75 Å². The van der Waals surface area contributed by atoms with Crippen LogP contribution in [0.1, 0.15) is 16.7 Å². The first-order chi connectivity index (χ1) is 9.56. The summed E-state index contributed by atoms with van der Waals surface area (Å²) < 4.78 is 0. The molecule has 5 heteroatoms. The van der Waals surface area contributed by atoms with Crippen LogP contribution in [0.25, 0.3) is 0 Å². The first-order valence-corrected chi connectivity index (χ1v) is 7.33. The van der Waals surface area contributed by atoms with E-state index in [1.165, 1.54) is 5.56 Å². The van der Waals surface area contributed by atoms with Gasteiger partial charge in [-0.1, -0.05) is 12.1 Å². The predicted octanol–water partition coefficient (Wildman–Crippen LogP) is 1.95. The second kappa shape index (κ2) is 6.54. The normalized spacial score (nSPS) is 12.1. The van der Waals surface area contributed by atoms with E-state index >= 15 is 0 Å². The van der Waals surface area contributed by atoms with Gasteiger partial charge in [-0.2, -0.15) is 11.3 Å². The molecule has 0 aliphatic carbocycles. The minimum Gasteiger partial charge on any atom is -0.508 e. The van der Waals surface area contributed by atoms with Gasteiger partial charge in [0.05, 0.1) is 6.04 Å². The van der Waals surface area contributed by atoms with Crippen LogP contribution in [0, 0.1) is 6.92 Å². The summed E-state index contributed by atoms with van der Waals surface area (Å²) in [5.74, 6) is 0.0448. The molecule has 0 aliphatic rings. The van der Waals surface area contributed by atoms with E-state index < -0.39 is 6.04 Å². The molecule has 2 aromatic rings. The zero-order valence-electron chi connectivity index (χ0n) is 11.3. The molecule has 0 spiro atoms. The van der Waals surface area contributed by atoms with E-state index in [1.54, 1.807) is 35.6 Å². The summed E-state index contributed by atoms with van der Waals surface area (Å²) in [6, 6.07) is 6.14. The molecule has 1 unspecified atom stereocenters. The van der Waals surface area contributed by atoms with Gasteiger partial charge in [-0.25, -0.2) is 0 Å². The highest BCUT2D eigenvalue weighted by atomic mass is 32.1. The Bertz CT molecular complexity index is 578. The maximum atomic E-state index is 11.9. The fourth-order valence-electron chi connectivity index (χ4n) is 1.86. The van der Waals surface area contributed by atoms with Crippen LogP contribution in [0.2, 0.25) is 0 Å². The van der Waals surface area contributed by atoms with Crippen molar-refractivity contribution < 1.29 is 9.90 Å². The van der Waals surface area contributed by atoms with Crippen LogP contribution in [-0.4, -0.2) is 17.1 Å². The molecule has 1 atom stereocenters. The number of nitrogens with two attached hydrogens (primary N) is 1. The lowest BCUT2D eigenvalue weighted by Gasteiger charge is -2.12. The van der Waals surface area contributed by atoms with Gasteiger partial charge >= 0.3 is 0 Å².